The highest BCUT2D eigenvalue weighted by molar-refractivity contribution is 5.76. The zero-order valence-electron chi connectivity index (χ0n) is 11.9. The van der Waals surface area contributed by atoms with Crippen LogP contribution in [0.3, 0.4) is 0 Å². The molecule has 110 valence electrons. The molecular weight excluding hydrogens is 254 g/mol. The van der Waals surface area contributed by atoms with Crippen LogP contribution in [0.15, 0.2) is 23.1 Å². The monoisotopic (exact) mass is 277 g/mol. The molecule has 2 rings (SSSR count). The summed E-state index contributed by atoms with van der Waals surface area (Å²) in [7, 11) is 0. The van der Waals surface area contributed by atoms with Gasteiger partial charge in [0.25, 0.3) is 5.56 Å². The van der Waals surface area contributed by atoms with Crippen LogP contribution in [-0.2, 0) is 11.3 Å². The van der Waals surface area contributed by atoms with Crippen LogP contribution < -0.4 is 11.3 Å². The molecule has 5 heteroatoms. The second-order valence-electron chi connectivity index (χ2n) is 5.39. The Bertz CT molecular complexity index is 510. The first-order valence-electron chi connectivity index (χ1n) is 7.40. The molecule has 1 saturated heterocycles. The van der Waals surface area contributed by atoms with Gasteiger partial charge in [0.15, 0.2) is 0 Å². The normalized spacial score (nSPS) is 16.8. The van der Waals surface area contributed by atoms with E-state index in [-0.39, 0.29) is 11.5 Å². The number of pyridine rings is 1. The zero-order chi connectivity index (χ0) is 14.4. The Labute approximate surface area is 119 Å². The molecule has 0 atom stereocenters. The fraction of sp³-hybridized carbons (Fsp3) is 0.600. The van der Waals surface area contributed by atoms with E-state index in [1.807, 2.05) is 4.90 Å². The van der Waals surface area contributed by atoms with Crippen molar-refractivity contribution in [1.29, 1.82) is 0 Å². The molecule has 1 aliphatic rings. The van der Waals surface area contributed by atoms with Crippen molar-refractivity contribution in [2.45, 2.75) is 45.1 Å². The van der Waals surface area contributed by atoms with Gasteiger partial charge in [0, 0.05) is 44.0 Å². The maximum atomic E-state index is 12.0. The molecule has 1 aliphatic heterocycles. The van der Waals surface area contributed by atoms with Gasteiger partial charge in [-0.1, -0.05) is 12.8 Å². The van der Waals surface area contributed by atoms with Crippen molar-refractivity contribution >= 4 is 11.6 Å². The number of anilines is 1. The van der Waals surface area contributed by atoms with Crippen molar-refractivity contribution in [2.24, 2.45) is 0 Å². The number of hydrogen-bond acceptors (Lipinski definition) is 3. The predicted octanol–water partition coefficient (Wildman–Crippen LogP) is 1.61. The van der Waals surface area contributed by atoms with Gasteiger partial charge in [-0.15, -0.1) is 0 Å². The summed E-state index contributed by atoms with van der Waals surface area (Å²) in [5.74, 6) is 0.254. The molecule has 0 radical (unpaired) electrons. The van der Waals surface area contributed by atoms with Gasteiger partial charge in [-0.25, -0.2) is 0 Å². The molecule has 2 heterocycles. The fourth-order valence-electron chi connectivity index (χ4n) is 2.61. The number of rotatable bonds is 4. The van der Waals surface area contributed by atoms with E-state index in [9.17, 15) is 9.59 Å². The molecule has 0 aromatic carbocycles. The molecule has 0 unspecified atom stereocenters. The highest BCUT2D eigenvalue weighted by Gasteiger charge is 2.14. The third-order valence-electron chi connectivity index (χ3n) is 3.75. The number of hydrogen-bond donors (Lipinski definition) is 1. The molecule has 0 spiro atoms. The average Bonchev–Trinajstić information content (AvgIpc) is 2.41. The van der Waals surface area contributed by atoms with E-state index in [2.05, 4.69) is 0 Å². The van der Waals surface area contributed by atoms with E-state index in [1.165, 1.54) is 12.5 Å². The lowest BCUT2D eigenvalue weighted by Crippen LogP contribution is -2.34. The largest absolute Gasteiger partial charge is 0.398 e. The maximum absolute atomic E-state index is 12.0. The number of nitrogens with two attached hydrogens (primary N) is 1. The standard InChI is InChI=1S/C15H23N3O2/c16-13-7-8-15(20)18(12-13)11-5-10-17-9-4-2-1-3-6-14(17)19/h7-8,12H,1-6,9-11,16H2. The Hall–Kier alpha value is -1.78. The number of carbonyl (C=O) groups is 1. The third-order valence-corrected chi connectivity index (χ3v) is 3.75. The van der Waals surface area contributed by atoms with Gasteiger partial charge in [0.05, 0.1) is 0 Å². The highest BCUT2D eigenvalue weighted by Crippen LogP contribution is 2.12. The van der Waals surface area contributed by atoms with Gasteiger partial charge in [0.1, 0.15) is 0 Å². The van der Waals surface area contributed by atoms with Gasteiger partial charge in [-0.05, 0) is 25.3 Å². The first-order chi connectivity index (χ1) is 9.66. The minimum atomic E-state index is -0.0433. The summed E-state index contributed by atoms with van der Waals surface area (Å²) < 4.78 is 1.61. The molecule has 1 fully saturated rings. The lowest BCUT2D eigenvalue weighted by molar-refractivity contribution is -0.131. The number of amides is 1. The molecule has 5 nitrogen and oxygen atoms in total. The van der Waals surface area contributed by atoms with E-state index in [1.54, 1.807) is 16.8 Å². The number of nitrogens with zero attached hydrogens (tertiary/aromatic N) is 2. The highest BCUT2D eigenvalue weighted by atomic mass is 16.2. The Morgan fingerprint density at radius 1 is 1.05 bits per heavy atom. The quantitative estimate of drug-likeness (QED) is 0.909. The van der Waals surface area contributed by atoms with Crippen molar-refractivity contribution in [3.63, 3.8) is 0 Å². The fourth-order valence-corrected chi connectivity index (χ4v) is 2.61. The van der Waals surface area contributed by atoms with Crippen molar-refractivity contribution in [3.8, 4) is 0 Å². The average molecular weight is 277 g/mol. The SMILES string of the molecule is Nc1ccc(=O)n(CCCN2CCCCCCC2=O)c1. The van der Waals surface area contributed by atoms with E-state index in [0.29, 0.717) is 18.7 Å². The molecule has 1 amide bonds. The lowest BCUT2D eigenvalue weighted by Gasteiger charge is -2.25. The molecule has 0 saturated carbocycles. The van der Waals surface area contributed by atoms with Gasteiger partial charge in [-0.3, -0.25) is 9.59 Å². The summed E-state index contributed by atoms with van der Waals surface area (Å²) in [5.41, 5.74) is 6.22. The summed E-state index contributed by atoms with van der Waals surface area (Å²) >= 11 is 0. The number of likely N-dealkylation sites (tertiary alicyclic amines) is 1. The van der Waals surface area contributed by atoms with Crippen LogP contribution in [0.4, 0.5) is 5.69 Å². The molecule has 0 bridgehead atoms. The van der Waals surface area contributed by atoms with E-state index in [4.69, 9.17) is 5.73 Å². The second-order valence-corrected chi connectivity index (χ2v) is 5.39. The molecule has 0 aliphatic carbocycles. The molecule has 20 heavy (non-hydrogen) atoms. The zero-order valence-corrected chi connectivity index (χ0v) is 11.9. The Morgan fingerprint density at radius 3 is 2.70 bits per heavy atom. The van der Waals surface area contributed by atoms with Crippen LogP contribution in [0, 0.1) is 0 Å². The first-order valence-corrected chi connectivity index (χ1v) is 7.40. The summed E-state index contributed by atoms with van der Waals surface area (Å²) in [6.07, 6.45) is 7.58. The number of aryl methyl sites for hydroxylation is 1. The Kier molecular flexibility index (Phi) is 5.21. The molecule has 2 N–H and O–H groups in total. The maximum Gasteiger partial charge on any atom is 0.250 e. The molecule has 1 aromatic rings. The van der Waals surface area contributed by atoms with Crippen molar-refractivity contribution in [1.82, 2.24) is 9.47 Å². The summed E-state index contributed by atoms with van der Waals surface area (Å²) in [5, 5.41) is 0. The summed E-state index contributed by atoms with van der Waals surface area (Å²) in [4.78, 5) is 25.6. The minimum Gasteiger partial charge on any atom is -0.398 e. The van der Waals surface area contributed by atoms with Gasteiger partial charge in [0.2, 0.25) is 5.91 Å². The molecule has 1 aromatic heterocycles. The lowest BCUT2D eigenvalue weighted by atomic mass is 10.1. The van der Waals surface area contributed by atoms with Gasteiger partial charge >= 0.3 is 0 Å². The van der Waals surface area contributed by atoms with Crippen molar-refractivity contribution < 1.29 is 4.79 Å². The molecular formula is C15H23N3O2. The smallest absolute Gasteiger partial charge is 0.250 e. The minimum absolute atomic E-state index is 0.0433. The van der Waals surface area contributed by atoms with Gasteiger partial charge in [-0.2, -0.15) is 0 Å². The van der Waals surface area contributed by atoms with Crippen LogP contribution in [-0.4, -0.2) is 28.5 Å². The number of carbonyl (C=O) groups excluding carboxylic acids is 1. The van der Waals surface area contributed by atoms with E-state index in [0.717, 1.165) is 38.8 Å². The summed E-state index contributed by atoms with van der Waals surface area (Å²) in [6.45, 7) is 2.18. The predicted molar refractivity (Wildman–Crippen MR) is 79.4 cm³/mol. The second kappa shape index (κ2) is 7.12. The van der Waals surface area contributed by atoms with Crippen molar-refractivity contribution in [2.75, 3.05) is 18.8 Å². The number of aromatic nitrogens is 1. The topological polar surface area (TPSA) is 68.3 Å². The van der Waals surface area contributed by atoms with Crippen LogP contribution in [0.25, 0.3) is 0 Å². The van der Waals surface area contributed by atoms with Crippen LogP contribution in [0.2, 0.25) is 0 Å². The van der Waals surface area contributed by atoms with E-state index >= 15 is 0 Å². The van der Waals surface area contributed by atoms with Gasteiger partial charge < -0.3 is 15.2 Å². The van der Waals surface area contributed by atoms with E-state index < -0.39 is 0 Å². The summed E-state index contributed by atoms with van der Waals surface area (Å²) in [6, 6.07) is 3.09. The number of nitrogen functional groups attached to an aromatic ring is 1. The van der Waals surface area contributed by atoms with Crippen LogP contribution in [0.5, 0.6) is 0 Å². The third kappa shape index (κ3) is 4.11. The van der Waals surface area contributed by atoms with Crippen molar-refractivity contribution in [3.05, 3.63) is 28.7 Å². The first kappa shape index (κ1) is 14.6. The van der Waals surface area contributed by atoms with Crippen LogP contribution >= 0.6 is 0 Å². The Morgan fingerprint density at radius 2 is 1.85 bits per heavy atom. The van der Waals surface area contributed by atoms with Crippen LogP contribution in [0.1, 0.15) is 38.5 Å². The Balaban J connectivity index is 1.86.